The molecule has 1 aliphatic rings. The third-order valence-electron chi connectivity index (χ3n) is 4.95. The Morgan fingerprint density at radius 3 is 2.62 bits per heavy atom. The molecule has 29 heavy (non-hydrogen) atoms. The Morgan fingerprint density at radius 1 is 1.24 bits per heavy atom. The van der Waals surface area contributed by atoms with Gasteiger partial charge in [-0.25, -0.2) is 14.5 Å². The van der Waals surface area contributed by atoms with Crippen molar-refractivity contribution in [2.75, 3.05) is 13.1 Å². The highest BCUT2D eigenvalue weighted by molar-refractivity contribution is 5.97. The number of hydrogen-bond acceptors (Lipinski definition) is 5. The van der Waals surface area contributed by atoms with Crippen molar-refractivity contribution in [3.8, 4) is 5.82 Å². The first kappa shape index (κ1) is 20.8. The molecule has 1 aliphatic heterocycles. The molecule has 0 bridgehead atoms. The van der Waals surface area contributed by atoms with Gasteiger partial charge >= 0.3 is 6.09 Å². The fourth-order valence-electron chi connectivity index (χ4n) is 3.56. The van der Waals surface area contributed by atoms with Crippen molar-refractivity contribution < 1.29 is 14.3 Å². The van der Waals surface area contributed by atoms with Crippen LogP contribution in [0.2, 0.25) is 0 Å². The third-order valence-corrected chi connectivity index (χ3v) is 4.95. The van der Waals surface area contributed by atoms with Crippen LogP contribution in [-0.2, 0) is 4.74 Å². The van der Waals surface area contributed by atoms with Gasteiger partial charge in [0.05, 0.1) is 5.56 Å². The third kappa shape index (κ3) is 4.93. The van der Waals surface area contributed by atoms with Crippen LogP contribution in [0.3, 0.4) is 0 Å². The maximum atomic E-state index is 13.3. The molecule has 1 atom stereocenters. The fraction of sp³-hybridized carbons (Fsp3) is 0.524. The molecule has 8 heteroatoms. The molecule has 0 aliphatic carbocycles. The van der Waals surface area contributed by atoms with Crippen LogP contribution in [0.25, 0.3) is 5.82 Å². The topological polar surface area (TPSA) is 89.4 Å². The van der Waals surface area contributed by atoms with Crippen molar-refractivity contribution in [2.45, 2.75) is 52.7 Å². The summed E-state index contributed by atoms with van der Waals surface area (Å²) < 4.78 is 6.98. The molecule has 0 spiro atoms. The minimum Gasteiger partial charge on any atom is -0.444 e. The van der Waals surface area contributed by atoms with Crippen LogP contribution in [0.1, 0.15) is 51.4 Å². The first-order chi connectivity index (χ1) is 13.6. The van der Waals surface area contributed by atoms with Crippen molar-refractivity contribution in [3.63, 3.8) is 0 Å². The van der Waals surface area contributed by atoms with Crippen molar-refractivity contribution >= 4 is 12.0 Å². The molecule has 2 aromatic heterocycles. The minimum absolute atomic E-state index is 0.0825. The summed E-state index contributed by atoms with van der Waals surface area (Å²) in [4.78, 5) is 31.6. The van der Waals surface area contributed by atoms with Crippen LogP contribution in [0.5, 0.6) is 0 Å². The number of rotatable bonds is 3. The number of alkyl carbamates (subject to hydrolysis) is 1. The lowest BCUT2D eigenvalue weighted by Crippen LogP contribution is -2.57. The standard InChI is InChI=1S/C21H29N5O3/c1-20(2,3)29-19(28)24-16-9-13-25(14-21(16,4)5)18(27)15-8-6-10-22-17(15)26-12-7-11-23-26/h6-8,10-12,16H,9,13-14H2,1-5H3,(H,24,28)/t16-/m0/s1. The van der Waals surface area contributed by atoms with Crippen LogP contribution < -0.4 is 5.32 Å². The lowest BCUT2D eigenvalue weighted by molar-refractivity contribution is 0.0305. The molecule has 0 saturated carbocycles. The second-order valence-corrected chi connectivity index (χ2v) is 9.03. The monoisotopic (exact) mass is 399 g/mol. The average molecular weight is 399 g/mol. The van der Waals surface area contributed by atoms with E-state index in [9.17, 15) is 9.59 Å². The second-order valence-electron chi connectivity index (χ2n) is 9.03. The zero-order chi connectivity index (χ0) is 21.2. The average Bonchev–Trinajstić information content (AvgIpc) is 3.15. The maximum Gasteiger partial charge on any atom is 0.407 e. The molecule has 3 rings (SSSR count). The Bertz CT molecular complexity index is 871. The molecule has 1 saturated heterocycles. The maximum absolute atomic E-state index is 13.3. The van der Waals surface area contributed by atoms with E-state index in [1.54, 1.807) is 41.5 Å². The molecule has 0 radical (unpaired) electrons. The lowest BCUT2D eigenvalue weighted by Gasteiger charge is -2.44. The van der Waals surface area contributed by atoms with Crippen molar-refractivity contribution in [1.82, 2.24) is 25.0 Å². The van der Waals surface area contributed by atoms with E-state index in [0.29, 0.717) is 30.9 Å². The number of piperidine rings is 1. The Kier molecular flexibility index (Phi) is 5.64. The predicted molar refractivity (Wildman–Crippen MR) is 109 cm³/mol. The molecule has 156 valence electrons. The van der Waals surface area contributed by atoms with Gasteiger partial charge in [0.2, 0.25) is 0 Å². The van der Waals surface area contributed by atoms with Crippen LogP contribution in [-0.4, -0.2) is 56.4 Å². The minimum atomic E-state index is -0.548. The molecule has 2 aromatic rings. The van der Waals surface area contributed by atoms with Gasteiger partial charge in [-0.05, 0) is 45.4 Å². The number of amides is 2. The molecule has 0 unspecified atom stereocenters. The molecule has 8 nitrogen and oxygen atoms in total. The van der Waals surface area contributed by atoms with Gasteiger partial charge in [-0.3, -0.25) is 4.79 Å². The highest BCUT2D eigenvalue weighted by atomic mass is 16.6. The number of nitrogens with one attached hydrogen (secondary N) is 1. The van der Waals surface area contributed by atoms with Gasteiger partial charge in [-0.15, -0.1) is 0 Å². The van der Waals surface area contributed by atoms with Gasteiger partial charge in [0.25, 0.3) is 5.91 Å². The van der Waals surface area contributed by atoms with Crippen LogP contribution >= 0.6 is 0 Å². The van der Waals surface area contributed by atoms with E-state index in [4.69, 9.17) is 4.74 Å². The number of carbonyl (C=O) groups is 2. The first-order valence-electron chi connectivity index (χ1n) is 9.81. The Morgan fingerprint density at radius 2 is 2.00 bits per heavy atom. The number of ether oxygens (including phenoxy) is 1. The van der Waals surface area contributed by atoms with E-state index < -0.39 is 11.7 Å². The molecular weight excluding hydrogens is 370 g/mol. The largest absolute Gasteiger partial charge is 0.444 e. The molecule has 1 fully saturated rings. The summed E-state index contributed by atoms with van der Waals surface area (Å²) in [6, 6.07) is 5.23. The lowest BCUT2D eigenvalue weighted by atomic mass is 9.79. The number of nitrogens with zero attached hydrogens (tertiary/aromatic N) is 4. The summed E-state index contributed by atoms with van der Waals surface area (Å²) in [5.74, 6) is 0.418. The van der Waals surface area contributed by atoms with E-state index in [1.807, 2.05) is 39.5 Å². The zero-order valence-corrected chi connectivity index (χ0v) is 17.7. The Labute approximate surface area is 171 Å². The molecule has 3 heterocycles. The van der Waals surface area contributed by atoms with Crippen molar-refractivity contribution in [3.05, 3.63) is 42.4 Å². The first-order valence-corrected chi connectivity index (χ1v) is 9.81. The Balaban J connectivity index is 1.72. The van der Waals surface area contributed by atoms with E-state index in [-0.39, 0.29) is 17.4 Å². The van der Waals surface area contributed by atoms with Gasteiger partial charge in [-0.1, -0.05) is 13.8 Å². The SMILES string of the molecule is CC(C)(C)OC(=O)N[C@H]1CCN(C(=O)c2cccnc2-n2cccn2)CC1(C)C. The van der Waals surface area contributed by atoms with Crippen molar-refractivity contribution in [1.29, 1.82) is 0 Å². The van der Waals surface area contributed by atoms with Crippen LogP contribution in [0, 0.1) is 5.41 Å². The molecule has 0 aromatic carbocycles. The van der Waals surface area contributed by atoms with Gasteiger partial charge in [-0.2, -0.15) is 5.10 Å². The predicted octanol–water partition coefficient (Wildman–Crippen LogP) is 3.03. The van der Waals surface area contributed by atoms with Gasteiger partial charge in [0, 0.05) is 43.1 Å². The van der Waals surface area contributed by atoms with E-state index in [1.165, 1.54) is 0 Å². The van der Waals surface area contributed by atoms with E-state index in [2.05, 4.69) is 15.4 Å². The number of pyridine rings is 1. The van der Waals surface area contributed by atoms with Gasteiger partial charge in [0.1, 0.15) is 5.60 Å². The van der Waals surface area contributed by atoms with Gasteiger partial charge < -0.3 is 15.0 Å². The summed E-state index contributed by atoms with van der Waals surface area (Å²) >= 11 is 0. The number of aromatic nitrogens is 3. The number of likely N-dealkylation sites (tertiary alicyclic amines) is 1. The summed E-state index contributed by atoms with van der Waals surface area (Å²) in [7, 11) is 0. The van der Waals surface area contributed by atoms with Crippen LogP contribution in [0.4, 0.5) is 4.79 Å². The number of carbonyl (C=O) groups excluding carboxylic acids is 2. The summed E-state index contributed by atoms with van der Waals surface area (Å²) in [6.07, 6.45) is 5.29. The Hall–Kier alpha value is -2.90. The highest BCUT2D eigenvalue weighted by Gasteiger charge is 2.39. The van der Waals surface area contributed by atoms with E-state index >= 15 is 0 Å². The molecule has 1 N–H and O–H groups in total. The summed E-state index contributed by atoms with van der Waals surface area (Å²) in [5.41, 5.74) is -0.349. The highest BCUT2D eigenvalue weighted by Crippen LogP contribution is 2.31. The van der Waals surface area contributed by atoms with Crippen LogP contribution in [0.15, 0.2) is 36.8 Å². The zero-order valence-electron chi connectivity index (χ0n) is 17.7. The molecule has 2 amide bonds. The second kappa shape index (κ2) is 7.85. The van der Waals surface area contributed by atoms with Gasteiger partial charge in [0.15, 0.2) is 5.82 Å². The normalized spacial score (nSPS) is 18.9. The molecular formula is C21H29N5O3. The fourth-order valence-corrected chi connectivity index (χ4v) is 3.56. The smallest absolute Gasteiger partial charge is 0.407 e. The quantitative estimate of drug-likeness (QED) is 0.857. The van der Waals surface area contributed by atoms with E-state index in [0.717, 1.165) is 0 Å². The summed E-state index contributed by atoms with van der Waals surface area (Å²) in [6.45, 7) is 10.7. The summed E-state index contributed by atoms with van der Waals surface area (Å²) in [5, 5.41) is 7.17. The van der Waals surface area contributed by atoms with Crippen molar-refractivity contribution in [2.24, 2.45) is 5.41 Å². The number of hydrogen-bond donors (Lipinski definition) is 1.